The lowest BCUT2D eigenvalue weighted by molar-refractivity contribution is -0.137. The summed E-state index contributed by atoms with van der Waals surface area (Å²) in [6.45, 7) is 0. The Morgan fingerprint density at radius 2 is 1.96 bits per heavy atom. The van der Waals surface area contributed by atoms with E-state index in [-0.39, 0.29) is 17.7 Å². The van der Waals surface area contributed by atoms with Gasteiger partial charge in [-0.3, -0.25) is 9.59 Å². The third-order valence-corrected chi connectivity index (χ3v) is 5.18. The predicted octanol–water partition coefficient (Wildman–Crippen LogP) is 3.83. The molecule has 0 aliphatic carbocycles. The van der Waals surface area contributed by atoms with Crippen molar-refractivity contribution in [3.05, 3.63) is 51.1 Å². The molecular formula is C21H16N2O4S. The molecule has 2 aromatic heterocycles. The van der Waals surface area contributed by atoms with Gasteiger partial charge >= 0.3 is 5.97 Å². The lowest BCUT2D eigenvalue weighted by Crippen LogP contribution is -2.09. The van der Waals surface area contributed by atoms with Crippen molar-refractivity contribution >= 4 is 27.5 Å². The van der Waals surface area contributed by atoms with Crippen LogP contribution in [0.3, 0.4) is 0 Å². The van der Waals surface area contributed by atoms with Crippen LogP contribution in [-0.2, 0) is 4.79 Å². The molecule has 0 amide bonds. The standard InChI is InChI=1S/C21H16N2O4S/c22-12-14-19(26)18-17(13-8-4-3-5-9-13)15(28-21(18)23-20(14)27)10-6-1-2-7-11-16(24)25/h3-5,8-9H,1-2,7,11H2,(H,24,25)(H2,23,26,27). The van der Waals surface area contributed by atoms with Gasteiger partial charge in [-0.05, 0) is 18.4 Å². The van der Waals surface area contributed by atoms with Crippen LogP contribution < -0.4 is 5.56 Å². The van der Waals surface area contributed by atoms with Crippen molar-refractivity contribution in [1.82, 2.24) is 4.98 Å². The number of aromatic nitrogens is 1. The Hall–Kier alpha value is -3.55. The number of thiophene rings is 1. The van der Waals surface area contributed by atoms with E-state index in [2.05, 4.69) is 16.8 Å². The Kier molecular flexibility index (Phi) is 5.78. The fourth-order valence-electron chi connectivity index (χ4n) is 2.85. The average Bonchev–Trinajstić information content (AvgIpc) is 3.03. The van der Waals surface area contributed by atoms with Gasteiger partial charge in [-0.1, -0.05) is 42.2 Å². The minimum atomic E-state index is -0.823. The minimum Gasteiger partial charge on any atom is -0.506 e. The van der Waals surface area contributed by atoms with Crippen LogP contribution in [0.15, 0.2) is 35.1 Å². The molecule has 0 bridgehead atoms. The van der Waals surface area contributed by atoms with E-state index in [1.807, 2.05) is 30.3 Å². The molecule has 6 nitrogen and oxygen atoms in total. The number of H-pyrrole nitrogens is 1. The van der Waals surface area contributed by atoms with Gasteiger partial charge in [-0.25, -0.2) is 0 Å². The maximum absolute atomic E-state index is 12.0. The van der Waals surface area contributed by atoms with Gasteiger partial charge in [0.1, 0.15) is 16.6 Å². The van der Waals surface area contributed by atoms with Crippen LogP contribution in [0, 0.1) is 23.2 Å². The first-order chi connectivity index (χ1) is 13.5. The Morgan fingerprint density at radius 3 is 2.64 bits per heavy atom. The van der Waals surface area contributed by atoms with Crippen LogP contribution >= 0.6 is 11.3 Å². The molecule has 1 aromatic carbocycles. The molecule has 0 fully saturated rings. The maximum Gasteiger partial charge on any atom is 0.303 e. The van der Waals surface area contributed by atoms with Crippen molar-refractivity contribution in [2.75, 3.05) is 0 Å². The molecule has 0 radical (unpaired) electrons. The number of hydrogen-bond donors (Lipinski definition) is 3. The number of carboxylic acids is 1. The summed E-state index contributed by atoms with van der Waals surface area (Å²) < 4.78 is 0. The Labute approximate surface area is 164 Å². The number of nitrogens with one attached hydrogen (secondary N) is 1. The number of nitriles is 1. The number of carboxylic acid groups (broad SMARTS) is 1. The topological polar surface area (TPSA) is 114 Å². The molecule has 2 heterocycles. The number of aliphatic carboxylic acids is 1. The van der Waals surface area contributed by atoms with E-state index in [0.717, 1.165) is 5.56 Å². The number of aromatic hydroxyl groups is 1. The average molecular weight is 392 g/mol. The van der Waals surface area contributed by atoms with Crippen molar-refractivity contribution in [1.29, 1.82) is 5.26 Å². The SMILES string of the molecule is N#Cc1c(O)c2c(-c3ccccc3)c(C#CCCCCC(=O)O)sc2[nH]c1=O. The summed E-state index contributed by atoms with van der Waals surface area (Å²) in [5, 5.41) is 28.8. The second-order valence-corrected chi connectivity index (χ2v) is 7.09. The number of benzene rings is 1. The third kappa shape index (κ3) is 3.90. The number of nitrogens with zero attached hydrogens (tertiary/aromatic N) is 1. The fraction of sp³-hybridized carbons (Fsp3) is 0.190. The number of fused-ring (bicyclic) bond motifs is 1. The molecule has 3 N–H and O–H groups in total. The van der Waals surface area contributed by atoms with Gasteiger partial charge in [0.25, 0.3) is 5.56 Å². The maximum atomic E-state index is 12.0. The van der Waals surface area contributed by atoms with Gasteiger partial charge in [-0.15, -0.1) is 11.3 Å². The van der Waals surface area contributed by atoms with Crippen molar-refractivity contribution < 1.29 is 15.0 Å². The molecule has 0 aliphatic rings. The molecular weight excluding hydrogens is 376 g/mol. The first-order valence-electron chi connectivity index (χ1n) is 8.61. The van der Waals surface area contributed by atoms with E-state index in [1.165, 1.54) is 11.3 Å². The Bertz CT molecular complexity index is 1190. The first kappa shape index (κ1) is 19.2. The van der Waals surface area contributed by atoms with Gasteiger partial charge < -0.3 is 15.2 Å². The van der Waals surface area contributed by atoms with E-state index in [1.54, 1.807) is 6.07 Å². The number of aromatic amines is 1. The highest BCUT2D eigenvalue weighted by atomic mass is 32.1. The van der Waals surface area contributed by atoms with Gasteiger partial charge in [-0.2, -0.15) is 5.26 Å². The monoisotopic (exact) mass is 392 g/mol. The third-order valence-electron chi connectivity index (χ3n) is 4.15. The smallest absolute Gasteiger partial charge is 0.303 e. The van der Waals surface area contributed by atoms with Crippen LogP contribution in [0.5, 0.6) is 5.75 Å². The van der Waals surface area contributed by atoms with Crippen molar-refractivity contribution in [3.8, 4) is 34.8 Å². The highest BCUT2D eigenvalue weighted by molar-refractivity contribution is 7.19. The van der Waals surface area contributed by atoms with E-state index in [0.29, 0.717) is 39.9 Å². The molecule has 3 aromatic rings. The zero-order chi connectivity index (χ0) is 20.1. The van der Waals surface area contributed by atoms with Crippen molar-refractivity contribution in [3.63, 3.8) is 0 Å². The number of pyridine rings is 1. The Morgan fingerprint density at radius 1 is 1.21 bits per heavy atom. The molecule has 3 rings (SSSR count). The lowest BCUT2D eigenvalue weighted by Gasteiger charge is -2.03. The number of unbranched alkanes of at least 4 members (excludes halogenated alkanes) is 2. The van der Waals surface area contributed by atoms with Crippen LogP contribution in [0.4, 0.5) is 0 Å². The molecule has 140 valence electrons. The summed E-state index contributed by atoms with van der Waals surface area (Å²) in [5.74, 6) is 4.95. The highest BCUT2D eigenvalue weighted by Gasteiger charge is 2.21. The van der Waals surface area contributed by atoms with Gasteiger partial charge in [0.2, 0.25) is 0 Å². The van der Waals surface area contributed by atoms with E-state index in [9.17, 15) is 20.0 Å². The quantitative estimate of drug-likeness (QED) is 0.451. The van der Waals surface area contributed by atoms with Gasteiger partial charge in [0.05, 0.1) is 10.3 Å². The van der Waals surface area contributed by atoms with E-state index in [4.69, 9.17) is 5.11 Å². The minimum absolute atomic E-state index is 0.117. The van der Waals surface area contributed by atoms with Gasteiger partial charge in [0, 0.05) is 18.4 Å². The van der Waals surface area contributed by atoms with Crippen LogP contribution in [-0.4, -0.2) is 21.2 Å². The molecule has 0 saturated carbocycles. The summed E-state index contributed by atoms with van der Waals surface area (Å²) in [4.78, 5) is 26.3. The lowest BCUT2D eigenvalue weighted by atomic mass is 10.0. The zero-order valence-corrected chi connectivity index (χ0v) is 15.6. The highest BCUT2D eigenvalue weighted by Crippen LogP contribution is 2.42. The van der Waals surface area contributed by atoms with Crippen molar-refractivity contribution in [2.24, 2.45) is 0 Å². The summed E-state index contributed by atoms with van der Waals surface area (Å²) in [5.41, 5.74) is 0.524. The van der Waals surface area contributed by atoms with Crippen LogP contribution in [0.2, 0.25) is 0 Å². The zero-order valence-electron chi connectivity index (χ0n) is 14.8. The second kappa shape index (κ2) is 8.43. The summed E-state index contributed by atoms with van der Waals surface area (Å²) in [6.07, 6.45) is 1.89. The molecule has 0 spiro atoms. The largest absolute Gasteiger partial charge is 0.506 e. The van der Waals surface area contributed by atoms with Crippen molar-refractivity contribution in [2.45, 2.75) is 25.7 Å². The summed E-state index contributed by atoms with van der Waals surface area (Å²) >= 11 is 1.24. The number of hydrogen-bond acceptors (Lipinski definition) is 5. The molecule has 7 heteroatoms. The summed E-state index contributed by atoms with van der Waals surface area (Å²) in [7, 11) is 0. The molecule has 0 saturated heterocycles. The molecule has 0 atom stereocenters. The van der Waals surface area contributed by atoms with Crippen LogP contribution in [0.25, 0.3) is 21.3 Å². The fourth-order valence-corrected chi connectivity index (χ4v) is 3.94. The molecule has 0 unspecified atom stereocenters. The van der Waals surface area contributed by atoms with E-state index >= 15 is 0 Å². The normalized spacial score (nSPS) is 10.2. The molecule has 28 heavy (non-hydrogen) atoms. The van der Waals surface area contributed by atoms with Crippen LogP contribution in [0.1, 0.15) is 36.1 Å². The Balaban J connectivity index is 2.08. The van der Waals surface area contributed by atoms with Gasteiger partial charge in [0.15, 0.2) is 5.56 Å². The predicted molar refractivity (Wildman–Crippen MR) is 107 cm³/mol. The summed E-state index contributed by atoms with van der Waals surface area (Å²) in [6, 6.07) is 11.1. The second-order valence-electron chi connectivity index (χ2n) is 6.07. The number of carbonyl (C=O) groups is 1. The van der Waals surface area contributed by atoms with E-state index < -0.39 is 11.5 Å². The first-order valence-corrected chi connectivity index (χ1v) is 9.42. The number of rotatable bonds is 5. The molecule has 0 aliphatic heterocycles.